The van der Waals surface area contributed by atoms with Gasteiger partial charge in [-0.1, -0.05) is 18.2 Å². The second kappa shape index (κ2) is 8.84. The summed E-state index contributed by atoms with van der Waals surface area (Å²) in [7, 11) is -3.71. The van der Waals surface area contributed by atoms with Gasteiger partial charge >= 0.3 is 0 Å². The number of carbonyl (C=O) groups excluding carboxylic acids is 4. The number of nitrogens with zero attached hydrogens (tertiary/aromatic N) is 1. The van der Waals surface area contributed by atoms with Crippen molar-refractivity contribution in [3.8, 4) is 0 Å². The number of hydrogen-bond acceptors (Lipinski definition) is 7. The Morgan fingerprint density at radius 3 is 2.06 bits per heavy atom. The lowest BCUT2D eigenvalue weighted by Crippen LogP contribution is -2.47. The van der Waals surface area contributed by atoms with E-state index in [-0.39, 0.29) is 26.6 Å². The summed E-state index contributed by atoms with van der Waals surface area (Å²) in [5.41, 5.74) is 5.18. The molecule has 33 heavy (non-hydrogen) atoms. The molecule has 3 N–H and O–H groups in total. The Labute approximate surface area is 192 Å². The smallest absolute Gasteiger partial charge is 0.271 e. The Morgan fingerprint density at radius 1 is 0.848 bits per heavy atom. The lowest BCUT2D eigenvalue weighted by Gasteiger charge is -2.14. The van der Waals surface area contributed by atoms with E-state index in [0.29, 0.717) is 0 Å². The predicted octanol–water partition coefficient (Wildman–Crippen LogP) is 1.61. The molecule has 4 amide bonds. The normalized spacial score (nSPS) is 12.9. The van der Waals surface area contributed by atoms with Gasteiger partial charge in [0.05, 0.1) is 11.1 Å². The molecule has 168 valence electrons. The third kappa shape index (κ3) is 4.61. The van der Waals surface area contributed by atoms with Crippen molar-refractivity contribution < 1.29 is 27.6 Å². The van der Waals surface area contributed by atoms with Crippen LogP contribution in [0.2, 0.25) is 0 Å². The maximum atomic E-state index is 12.3. The Kier molecular flexibility index (Phi) is 5.94. The SMILES string of the molecule is O=C(CN1C(=O)c2ccccc2C1=O)NNC(=O)c1ccc(NS(=O)(=O)c2cccs2)cc1. The van der Waals surface area contributed by atoms with Crippen molar-refractivity contribution in [3.05, 3.63) is 82.7 Å². The van der Waals surface area contributed by atoms with Gasteiger partial charge in [0.25, 0.3) is 33.7 Å². The van der Waals surface area contributed by atoms with Gasteiger partial charge in [-0.05, 0) is 47.8 Å². The topological polar surface area (TPSA) is 142 Å². The van der Waals surface area contributed by atoms with Crippen molar-refractivity contribution in [1.82, 2.24) is 15.8 Å². The molecule has 0 atom stereocenters. The van der Waals surface area contributed by atoms with Gasteiger partial charge in [-0.2, -0.15) is 0 Å². The molecule has 1 aliphatic rings. The van der Waals surface area contributed by atoms with E-state index in [1.807, 2.05) is 0 Å². The maximum absolute atomic E-state index is 12.3. The summed E-state index contributed by atoms with van der Waals surface area (Å²) in [6, 6.07) is 14.9. The van der Waals surface area contributed by atoms with Crippen LogP contribution in [0.5, 0.6) is 0 Å². The van der Waals surface area contributed by atoms with E-state index in [1.54, 1.807) is 23.6 Å². The number of fused-ring (bicyclic) bond motifs is 1. The number of anilines is 1. The van der Waals surface area contributed by atoms with Crippen LogP contribution in [0, 0.1) is 0 Å². The molecule has 12 heteroatoms. The summed E-state index contributed by atoms with van der Waals surface area (Å²) < 4.78 is 27.0. The summed E-state index contributed by atoms with van der Waals surface area (Å²) in [6.45, 7) is -0.559. The van der Waals surface area contributed by atoms with E-state index in [4.69, 9.17) is 0 Å². The molecule has 4 rings (SSSR count). The average Bonchev–Trinajstić information content (AvgIpc) is 3.43. The fourth-order valence-electron chi connectivity index (χ4n) is 3.08. The van der Waals surface area contributed by atoms with Crippen LogP contribution >= 0.6 is 11.3 Å². The third-order valence-electron chi connectivity index (χ3n) is 4.65. The minimum Gasteiger partial charge on any atom is -0.279 e. The first-order valence-electron chi connectivity index (χ1n) is 9.47. The third-order valence-corrected chi connectivity index (χ3v) is 7.43. The number of imide groups is 1. The van der Waals surface area contributed by atoms with Gasteiger partial charge in [0.15, 0.2) is 0 Å². The highest BCUT2D eigenvalue weighted by molar-refractivity contribution is 7.94. The highest BCUT2D eigenvalue weighted by Crippen LogP contribution is 2.22. The largest absolute Gasteiger partial charge is 0.279 e. The number of sulfonamides is 1. The van der Waals surface area contributed by atoms with Crippen LogP contribution < -0.4 is 15.6 Å². The minimum atomic E-state index is -3.71. The molecule has 10 nitrogen and oxygen atoms in total. The van der Waals surface area contributed by atoms with Gasteiger partial charge in [0.2, 0.25) is 0 Å². The van der Waals surface area contributed by atoms with Crippen molar-refractivity contribution in [3.63, 3.8) is 0 Å². The summed E-state index contributed by atoms with van der Waals surface area (Å²) in [4.78, 5) is 49.8. The number of thiophene rings is 1. The molecule has 0 saturated carbocycles. The summed E-state index contributed by atoms with van der Waals surface area (Å²) in [5, 5.41) is 1.64. The Hall–Kier alpha value is -4.03. The molecule has 0 saturated heterocycles. The number of hydrazine groups is 1. The molecule has 0 radical (unpaired) electrons. The minimum absolute atomic E-state index is 0.148. The standard InChI is InChI=1S/C21H16N4O6S2/c26-17(12-25-20(28)15-4-1-2-5-16(15)21(25)29)22-23-19(27)13-7-9-14(10-8-13)24-33(30,31)18-6-3-11-32-18/h1-11,24H,12H2,(H,22,26)(H,23,27). The van der Waals surface area contributed by atoms with Crippen LogP contribution in [0.1, 0.15) is 31.1 Å². The maximum Gasteiger partial charge on any atom is 0.271 e. The molecule has 2 aromatic carbocycles. The molecule has 1 aromatic heterocycles. The fraction of sp³-hybridized carbons (Fsp3) is 0.0476. The molecule has 3 aromatic rings. The first-order valence-corrected chi connectivity index (χ1v) is 11.8. The van der Waals surface area contributed by atoms with Crippen LogP contribution in [-0.2, 0) is 14.8 Å². The van der Waals surface area contributed by atoms with Crippen molar-refractivity contribution >= 4 is 50.7 Å². The number of rotatable bonds is 6. The summed E-state index contributed by atoms with van der Waals surface area (Å²) >= 11 is 1.07. The second-order valence-electron chi connectivity index (χ2n) is 6.86. The van der Waals surface area contributed by atoms with Crippen molar-refractivity contribution in [2.24, 2.45) is 0 Å². The highest BCUT2D eigenvalue weighted by Gasteiger charge is 2.36. The molecular weight excluding hydrogens is 468 g/mol. The van der Waals surface area contributed by atoms with E-state index in [9.17, 15) is 27.6 Å². The number of amides is 4. The van der Waals surface area contributed by atoms with Gasteiger partial charge < -0.3 is 0 Å². The van der Waals surface area contributed by atoms with Crippen LogP contribution in [-0.4, -0.2) is 43.5 Å². The summed E-state index contributed by atoms with van der Waals surface area (Å²) in [6.07, 6.45) is 0. The number of carbonyl (C=O) groups is 4. The first kappa shape index (κ1) is 22.2. The van der Waals surface area contributed by atoms with Crippen LogP contribution in [0.3, 0.4) is 0 Å². The average molecular weight is 485 g/mol. The molecule has 0 bridgehead atoms. The van der Waals surface area contributed by atoms with Gasteiger partial charge in [-0.15, -0.1) is 11.3 Å². The lowest BCUT2D eigenvalue weighted by molar-refractivity contribution is -0.122. The van der Waals surface area contributed by atoms with E-state index in [2.05, 4.69) is 15.6 Å². The zero-order valence-electron chi connectivity index (χ0n) is 16.8. The Morgan fingerprint density at radius 2 is 1.48 bits per heavy atom. The number of nitrogens with one attached hydrogen (secondary N) is 3. The highest BCUT2D eigenvalue weighted by atomic mass is 32.2. The quantitative estimate of drug-likeness (QED) is 0.358. The zero-order chi connectivity index (χ0) is 23.6. The van der Waals surface area contributed by atoms with E-state index < -0.39 is 40.2 Å². The number of hydrogen-bond donors (Lipinski definition) is 3. The van der Waals surface area contributed by atoms with E-state index in [0.717, 1.165) is 16.2 Å². The van der Waals surface area contributed by atoms with Crippen LogP contribution in [0.25, 0.3) is 0 Å². The molecule has 0 fully saturated rings. The molecule has 0 spiro atoms. The van der Waals surface area contributed by atoms with Crippen LogP contribution in [0.15, 0.2) is 70.3 Å². The van der Waals surface area contributed by atoms with Gasteiger partial charge in [0, 0.05) is 11.3 Å². The molecule has 0 aliphatic carbocycles. The monoisotopic (exact) mass is 484 g/mol. The van der Waals surface area contributed by atoms with Crippen molar-refractivity contribution in [2.75, 3.05) is 11.3 Å². The molecule has 1 aliphatic heterocycles. The summed E-state index contributed by atoms with van der Waals surface area (Å²) in [5.74, 6) is -2.60. The van der Waals surface area contributed by atoms with Crippen molar-refractivity contribution in [1.29, 1.82) is 0 Å². The van der Waals surface area contributed by atoms with Gasteiger partial charge in [-0.25, -0.2) is 8.42 Å². The predicted molar refractivity (Wildman–Crippen MR) is 119 cm³/mol. The molecular formula is C21H16N4O6S2. The zero-order valence-corrected chi connectivity index (χ0v) is 18.4. The van der Waals surface area contributed by atoms with Gasteiger partial charge in [0.1, 0.15) is 10.8 Å². The first-order chi connectivity index (χ1) is 15.8. The van der Waals surface area contributed by atoms with Crippen LogP contribution in [0.4, 0.5) is 5.69 Å². The number of benzene rings is 2. The molecule has 0 unspecified atom stereocenters. The van der Waals surface area contributed by atoms with E-state index >= 15 is 0 Å². The van der Waals surface area contributed by atoms with Gasteiger partial charge in [-0.3, -0.25) is 39.7 Å². The lowest BCUT2D eigenvalue weighted by atomic mass is 10.1. The van der Waals surface area contributed by atoms with Crippen molar-refractivity contribution in [2.45, 2.75) is 4.21 Å². The van der Waals surface area contributed by atoms with E-state index in [1.165, 1.54) is 42.5 Å². The molecule has 2 heterocycles. The fourth-order valence-corrected chi connectivity index (χ4v) is 5.13. The Balaban J connectivity index is 1.31. The second-order valence-corrected chi connectivity index (χ2v) is 9.72. The Bertz CT molecular complexity index is 1320.